The summed E-state index contributed by atoms with van der Waals surface area (Å²) in [5.41, 5.74) is 9.32. The van der Waals surface area contributed by atoms with Gasteiger partial charge < -0.3 is 15.4 Å². The van der Waals surface area contributed by atoms with Gasteiger partial charge in [0.25, 0.3) is 0 Å². The summed E-state index contributed by atoms with van der Waals surface area (Å²) < 4.78 is 5.85. The Morgan fingerprint density at radius 3 is 2.21 bits per heavy atom. The molecule has 3 nitrogen and oxygen atoms in total. The first-order valence-corrected chi connectivity index (χ1v) is 9.00. The second-order valence-corrected chi connectivity index (χ2v) is 6.24. The molecular formula is C21H30N2O. The second kappa shape index (κ2) is 9.99. The highest BCUT2D eigenvalue weighted by Crippen LogP contribution is 2.24. The number of nitrogen functional groups attached to an aromatic ring is 1. The van der Waals surface area contributed by atoms with Crippen LogP contribution in [0.3, 0.4) is 0 Å². The average Bonchev–Trinajstić information content (AvgIpc) is 2.60. The maximum Gasteiger partial charge on any atom is 0.142 e. The highest BCUT2D eigenvalue weighted by Gasteiger charge is 2.06. The molecule has 0 spiro atoms. The van der Waals surface area contributed by atoms with E-state index in [0.717, 1.165) is 30.0 Å². The molecule has 0 amide bonds. The lowest BCUT2D eigenvalue weighted by Crippen LogP contribution is -2.27. The van der Waals surface area contributed by atoms with Gasteiger partial charge in [0.05, 0.1) is 5.69 Å². The minimum Gasteiger partial charge on any atom is -0.487 e. The zero-order valence-corrected chi connectivity index (χ0v) is 15.0. The second-order valence-electron chi connectivity index (χ2n) is 6.24. The molecule has 0 aliphatic heterocycles. The first kappa shape index (κ1) is 18.3. The third-order valence-electron chi connectivity index (χ3n) is 4.11. The molecule has 0 unspecified atom stereocenters. The average molecular weight is 326 g/mol. The van der Waals surface area contributed by atoms with Crippen molar-refractivity contribution in [3.63, 3.8) is 0 Å². The largest absolute Gasteiger partial charge is 0.487 e. The molecule has 24 heavy (non-hydrogen) atoms. The molecule has 0 saturated carbocycles. The number of hydrogen-bond acceptors (Lipinski definition) is 3. The number of hydrogen-bond donors (Lipinski definition) is 1. The normalized spacial score (nSPS) is 11.0. The highest BCUT2D eigenvalue weighted by atomic mass is 16.5. The zero-order valence-electron chi connectivity index (χ0n) is 15.0. The molecule has 0 saturated heterocycles. The van der Waals surface area contributed by atoms with Crippen LogP contribution in [-0.4, -0.2) is 24.5 Å². The van der Waals surface area contributed by atoms with Gasteiger partial charge in [0.15, 0.2) is 0 Å². The van der Waals surface area contributed by atoms with Gasteiger partial charge in [-0.05, 0) is 55.6 Å². The van der Waals surface area contributed by atoms with Crippen molar-refractivity contribution < 1.29 is 4.74 Å². The lowest BCUT2D eigenvalue weighted by atomic mass is 10.1. The summed E-state index contributed by atoms with van der Waals surface area (Å²) in [5.74, 6) is 0.765. The first-order chi connectivity index (χ1) is 11.7. The van der Waals surface area contributed by atoms with E-state index in [2.05, 4.69) is 43.0 Å². The summed E-state index contributed by atoms with van der Waals surface area (Å²) in [5, 5.41) is 0. The van der Waals surface area contributed by atoms with Crippen LogP contribution in [0.5, 0.6) is 5.75 Å². The molecule has 130 valence electrons. The van der Waals surface area contributed by atoms with Crippen LogP contribution in [-0.2, 0) is 13.0 Å². The lowest BCUT2D eigenvalue weighted by molar-refractivity contribution is 0.278. The fraction of sp³-hybridized carbons (Fsp3) is 0.429. The van der Waals surface area contributed by atoms with Crippen molar-refractivity contribution in [1.29, 1.82) is 0 Å². The maximum absolute atomic E-state index is 6.17. The van der Waals surface area contributed by atoms with Gasteiger partial charge in [-0.25, -0.2) is 0 Å². The fourth-order valence-corrected chi connectivity index (χ4v) is 2.88. The van der Waals surface area contributed by atoms with Gasteiger partial charge in [0, 0.05) is 6.54 Å². The summed E-state index contributed by atoms with van der Waals surface area (Å²) >= 11 is 0. The van der Waals surface area contributed by atoms with E-state index in [1.807, 2.05) is 24.3 Å². The molecule has 3 heteroatoms. The monoisotopic (exact) mass is 326 g/mol. The van der Waals surface area contributed by atoms with Gasteiger partial charge in [0.2, 0.25) is 0 Å². The van der Waals surface area contributed by atoms with Gasteiger partial charge in [-0.1, -0.05) is 50.2 Å². The van der Waals surface area contributed by atoms with Gasteiger partial charge in [-0.3, -0.25) is 0 Å². The van der Waals surface area contributed by atoms with Crippen LogP contribution in [0.25, 0.3) is 0 Å². The Hall–Kier alpha value is -2.00. The van der Waals surface area contributed by atoms with E-state index >= 15 is 0 Å². The third-order valence-corrected chi connectivity index (χ3v) is 4.11. The molecule has 0 atom stereocenters. The number of rotatable bonds is 10. The quantitative estimate of drug-likeness (QED) is 0.653. The van der Waals surface area contributed by atoms with E-state index in [1.54, 1.807) is 0 Å². The third kappa shape index (κ3) is 5.89. The van der Waals surface area contributed by atoms with E-state index in [-0.39, 0.29) is 0 Å². The van der Waals surface area contributed by atoms with Gasteiger partial charge in [-0.2, -0.15) is 0 Å². The number of nitrogens with two attached hydrogens (primary N) is 1. The summed E-state index contributed by atoms with van der Waals surface area (Å²) in [6, 6.07) is 16.3. The van der Waals surface area contributed by atoms with Crippen LogP contribution in [0.2, 0.25) is 0 Å². The first-order valence-electron chi connectivity index (χ1n) is 9.00. The summed E-state index contributed by atoms with van der Waals surface area (Å²) in [7, 11) is 0. The Labute approximate surface area is 146 Å². The Morgan fingerprint density at radius 1 is 0.875 bits per heavy atom. The highest BCUT2D eigenvalue weighted by molar-refractivity contribution is 5.54. The van der Waals surface area contributed by atoms with Crippen molar-refractivity contribution in [2.24, 2.45) is 0 Å². The minimum absolute atomic E-state index is 0.547. The predicted molar refractivity (Wildman–Crippen MR) is 102 cm³/mol. The van der Waals surface area contributed by atoms with Crippen molar-refractivity contribution in [1.82, 2.24) is 4.90 Å². The number of benzene rings is 2. The van der Waals surface area contributed by atoms with E-state index in [0.29, 0.717) is 6.61 Å². The van der Waals surface area contributed by atoms with Crippen molar-refractivity contribution in [3.8, 4) is 5.75 Å². The van der Waals surface area contributed by atoms with Crippen molar-refractivity contribution in [2.75, 3.05) is 25.4 Å². The Kier molecular flexibility index (Phi) is 7.63. The van der Waals surface area contributed by atoms with E-state index in [4.69, 9.17) is 10.5 Å². The molecular weight excluding hydrogens is 296 g/mol. The molecule has 0 radical (unpaired) electrons. The summed E-state index contributed by atoms with van der Waals surface area (Å²) in [4.78, 5) is 2.52. The lowest BCUT2D eigenvalue weighted by Gasteiger charge is -2.21. The van der Waals surface area contributed by atoms with Crippen LogP contribution in [0.15, 0.2) is 48.5 Å². The molecule has 2 aromatic carbocycles. The van der Waals surface area contributed by atoms with Gasteiger partial charge in [-0.15, -0.1) is 0 Å². The molecule has 2 rings (SSSR count). The van der Waals surface area contributed by atoms with Crippen LogP contribution >= 0.6 is 0 Å². The molecule has 0 heterocycles. The summed E-state index contributed by atoms with van der Waals surface area (Å²) in [6.07, 6.45) is 3.44. The standard InChI is InChI=1S/C21H30N2O/c1-3-13-23(14-4-2)15-12-18-10-11-21(20(22)16-18)24-17-19-8-6-5-7-9-19/h5-11,16H,3-4,12-15,17,22H2,1-2H3. The SMILES string of the molecule is CCCN(CCC)CCc1ccc(OCc2ccccc2)c(N)c1. The Bertz CT molecular complexity index is 592. The molecule has 2 N–H and O–H groups in total. The Morgan fingerprint density at radius 2 is 1.58 bits per heavy atom. The van der Waals surface area contributed by atoms with E-state index < -0.39 is 0 Å². The van der Waals surface area contributed by atoms with Crippen molar-refractivity contribution in [2.45, 2.75) is 39.7 Å². The topological polar surface area (TPSA) is 38.5 Å². The molecule has 0 aliphatic rings. The Balaban J connectivity index is 1.89. The fourth-order valence-electron chi connectivity index (χ4n) is 2.88. The zero-order chi connectivity index (χ0) is 17.2. The number of ether oxygens (including phenoxy) is 1. The molecule has 0 aliphatic carbocycles. The number of nitrogens with zero attached hydrogens (tertiary/aromatic N) is 1. The minimum atomic E-state index is 0.547. The van der Waals surface area contributed by atoms with Crippen molar-refractivity contribution >= 4 is 5.69 Å². The molecule has 0 aromatic heterocycles. The van der Waals surface area contributed by atoms with Crippen LogP contribution in [0.4, 0.5) is 5.69 Å². The van der Waals surface area contributed by atoms with Gasteiger partial charge >= 0.3 is 0 Å². The predicted octanol–water partition coefficient (Wildman–Crippen LogP) is 4.51. The van der Waals surface area contributed by atoms with Crippen LogP contribution in [0, 0.1) is 0 Å². The van der Waals surface area contributed by atoms with Crippen molar-refractivity contribution in [3.05, 3.63) is 59.7 Å². The van der Waals surface area contributed by atoms with Crippen LogP contribution < -0.4 is 10.5 Å². The maximum atomic E-state index is 6.17. The van der Waals surface area contributed by atoms with Gasteiger partial charge in [0.1, 0.15) is 12.4 Å². The molecule has 2 aromatic rings. The summed E-state index contributed by atoms with van der Waals surface area (Å²) in [6.45, 7) is 8.44. The van der Waals surface area contributed by atoms with Crippen LogP contribution in [0.1, 0.15) is 37.8 Å². The molecule has 0 bridgehead atoms. The smallest absolute Gasteiger partial charge is 0.142 e. The van der Waals surface area contributed by atoms with E-state index in [9.17, 15) is 0 Å². The molecule has 0 fully saturated rings. The van der Waals surface area contributed by atoms with E-state index in [1.165, 1.54) is 31.5 Å². The number of anilines is 1.